The second-order valence-corrected chi connectivity index (χ2v) is 6.60. The lowest BCUT2D eigenvalue weighted by atomic mass is 9.88. The maximum Gasteiger partial charge on any atom is 0.126 e. The first kappa shape index (κ1) is 16.4. The normalized spacial score (nSPS) is 24.3. The number of likely N-dealkylation sites (tertiary alicyclic amines) is 1. The molecule has 0 amide bonds. The number of aryl methyl sites for hydroxylation is 1. The Bertz CT molecular complexity index is 459. The summed E-state index contributed by atoms with van der Waals surface area (Å²) in [7, 11) is 2.01. The number of nitrogens with zero attached hydrogens (tertiary/aromatic N) is 1. The molecular weight excluding hydrogens is 263 g/mol. The second-order valence-electron chi connectivity index (χ2n) is 6.60. The SMILES string of the molecule is CNCC1CCCCN(C(C)C)C1c1ccc(C)c(F)c1. The standard InChI is InChI=1S/C18H29FN2/c1-13(2)21-10-6-5-7-16(12-20-4)18(21)15-9-8-14(3)17(19)11-15/h8-9,11,13,16,18,20H,5-7,10,12H2,1-4H3. The molecular formula is C18H29FN2. The van der Waals surface area contributed by atoms with Crippen LogP contribution in [0.15, 0.2) is 18.2 Å². The first-order chi connectivity index (χ1) is 10.0. The van der Waals surface area contributed by atoms with Gasteiger partial charge in [0.2, 0.25) is 0 Å². The van der Waals surface area contributed by atoms with Crippen LogP contribution in [0.25, 0.3) is 0 Å². The Morgan fingerprint density at radius 1 is 1.33 bits per heavy atom. The van der Waals surface area contributed by atoms with E-state index in [1.807, 2.05) is 20.0 Å². The lowest BCUT2D eigenvalue weighted by Crippen LogP contribution is -2.40. The van der Waals surface area contributed by atoms with Crippen molar-refractivity contribution in [3.63, 3.8) is 0 Å². The van der Waals surface area contributed by atoms with Crippen molar-refractivity contribution in [2.45, 2.75) is 52.1 Å². The average molecular weight is 292 g/mol. The highest BCUT2D eigenvalue weighted by molar-refractivity contribution is 5.27. The summed E-state index contributed by atoms with van der Waals surface area (Å²) in [4.78, 5) is 2.55. The van der Waals surface area contributed by atoms with Crippen LogP contribution >= 0.6 is 0 Å². The van der Waals surface area contributed by atoms with Gasteiger partial charge >= 0.3 is 0 Å². The third-order valence-corrected chi connectivity index (χ3v) is 4.71. The molecule has 1 heterocycles. The van der Waals surface area contributed by atoms with E-state index >= 15 is 0 Å². The molecule has 3 heteroatoms. The van der Waals surface area contributed by atoms with Gasteiger partial charge in [-0.05, 0) is 76.9 Å². The summed E-state index contributed by atoms with van der Waals surface area (Å²) in [6, 6.07) is 6.59. The molecule has 0 aliphatic carbocycles. The summed E-state index contributed by atoms with van der Waals surface area (Å²) in [6.45, 7) is 8.43. The topological polar surface area (TPSA) is 15.3 Å². The number of rotatable bonds is 4. The minimum atomic E-state index is -0.0799. The summed E-state index contributed by atoms with van der Waals surface area (Å²) >= 11 is 0. The van der Waals surface area contributed by atoms with Gasteiger partial charge < -0.3 is 5.32 Å². The zero-order chi connectivity index (χ0) is 15.4. The Morgan fingerprint density at radius 2 is 2.10 bits per heavy atom. The van der Waals surface area contributed by atoms with Crippen LogP contribution in [0.1, 0.15) is 50.3 Å². The van der Waals surface area contributed by atoms with Crippen molar-refractivity contribution in [1.82, 2.24) is 10.2 Å². The van der Waals surface area contributed by atoms with E-state index in [1.54, 1.807) is 6.07 Å². The van der Waals surface area contributed by atoms with Crippen LogP contribution in [0.2, 0.25) is 0 Å². The van der Waals surface area contributed by atoms with E-state index in [0.29, 0.717) is 18.0 Å². The summed E-state index contributed by atoms with van der Waals surface area (Å²) < 4.78 is 14.0. The van der Waals surface area contributed by atoms with Crippen LogP contribution in [-0.2, 0) is 0 Å². The minimum absolute atomic E-state index is 0.0799. The number of halogens is 1. The molecule has 1 aliphatic rings. The predicted molar refractivity (Wildman–Crippen MR) is 87.0 cm³/mol. The fourth-order valence-corrected chi connectivity index (χ4v) is 3.58. The summed E-state index contributed by atoms with van der Waals surface area (Å²) in [5.74, 6) is 0.464. The first-order valence-corrected chi connectivity index (χ1v) is 8.21. The molecule has 1 aliphatic heterocycles. The number of hydrogen-bond donors (Lipinski definition) is 1. The third kappa shape index (κ3) is 3.83. The van der Waals surface area contributed by atoms with Crippen molar-refractivity contribution >= 4 is 0 Å². The fourth-order valence-electron chi connectivity index (χ4n) is 3.58. The number of hydrogen-bond acceptors (Lipinski definition) is 2. The molecule has 1 fully saturated rings. The van der Waals surface area contributed by atoms with Gasteiger partial charge in [0.25, 0.3) is 0 Å². The van der Waals surface area contributed by atoms with Crippen molar-refractivity contribution < 1.29 is 4.39 Å². The highest BCUT2D eigenvalue weighted by atomic mass is 19.1. The molecule has 0 saturated carbocycles. The van der Waals surface area contributed by atoms with E-state index in [1.165, 1.54) is 19.3 Å². The van der Waals surface area contributed by atoms with Gasteiger partial charge in [0, 0.05) is 12.1 Å². The van der Waals surface area contributed by atoms with Gasteiger partial charge in [-0.1, -0.05) is 18.6 Å². The number of benzene rings is 1. The molecule has 2 atom stereocenters. The fraction of sp³-hybridized carbons (Fsp3) is 0.667. The van der Waals surface area contributed by atoms with Gasteiger partial charge in [0.05, 0.1) is 0 Å². The highest BCUT2D eigenvalue weighted by Crippen LogP contribution is 2.36. The van der Waals surface area contributed by atoms with Crippen molar-refractivity contribution in [2.75, 3.05) is 20.1 Å². The second kappa shape index (κ2) is 7.37. The van der Waals surface area contributed by atoms with Crippen molar-refractivity contribution in [3.05, 3.63) is 35.1 Å². The Morgan fingerprint density at radius 3 is 2.71 bits per heavy atom. The Hall–Kier alpha value is -0.930. The molecule has 0 radical (unpaired) electrons. The highest BCUT2D eigenvalue weighted by Gasteiger charge is 2.32. The Kier molecular flexibility index (Phi) is 5.77. The van der Waals surface area contributed by atoms with Gasteiger partial charge in [-0.15, -0.1) is 0 Å². The lowest BCUT2D eigenvalue weighted by Gasteiger charge is -2.38. The van der Waals surface area contributed by atoms with Crippen molar-refractivity contribution in [1.29, 1.82) is 0 Å². The summed E-state index contributed by atoms with van der Waals surface area (Å²) in [5.41, 5.74) is 1.86. The van der Waals surface area contributed by atoms with Crippen molar-refractivity contribution in [2.24, 2.45) is 5.92 Å². The van der Waals surface area contributed by atoms with E-state index in [2.05, 4.69) is 30.1 Å². The van der Waals surface area contributed by atoms with Gasteiger partial charge in [-0.2, -0.15) is 0 Å². The molecule has 1 aromatic carbocycles. The summed E-state index contributed by atoms with van der Waals surface area (Å²) in [6.07, 6.45) is 3.72. The molecule has 2 unspecified atom stereocenters. The predicted octanol–water partition coefficient (Wildman–Crippen LogP) is 3.91. The van der Waals surface area contributed by atoms with E-state index in [9.17, 15) is 4.39 Å². The van der Waals surface area contributed by atoms with Gasteiger partial charge in [-0.25, -0.2) is 4.39 Å². The molecule has 2 rings (SSSR count). The van der Waals surface area contributed by atoms with Crippen LogP contribution in [0.4, 0.5) is 4.39 Å². The molecule has 1 aromatic rings. The molecule has 118 valence electrons. The molecule has 0 spiro atoms. The van der Waals surface area contributed by atoms with Gasteiger partial charge in [0.15, 0.2) is 0 Å². The van der Waals surface area contributed by atoms with Crippen LogP contribution in [0, 0.1) is 18.7 Å². The third-order valence-electron chi connectivity index (χ3n) is 4.71. The lowest BCUT2D eigenvalue weighted by molar-refractivity contribution is 0.118. The van der Waals surface area contributed by atoms with E-state index in [-0.39, 0.29) is 5.82 Å². The molecule has 1 N–H and O–H groups in total. The molecule has 0 bridgehead atoms. The molecule has 0 aromatic heterocycles. The van der Waals surface area contributed by atoms with Crippen LogP contribution in [0.5, 0.6) is 0 Å². The average Bonchev–Trinajstić information content (AvgIpc) is 2.65. The zero-order valence-electron chi connectivity index (χ0n) is 13.8. The molecule has 1 saturated heterocycles. The molecule has 2 nitrogen and oxygen atoms in total. The maximum atomic E-state index is 14.0. The van der Waals surface area contributed by atoms with Crippen LogP contribution < -0.4 is 5.32 Å². The molecule has 21 heavy (non-hydrogen) atoms. The van der Waals surface area contributed by atoms with Gasteiger partial charge in [-0.3, -0.25) is 4.90 Å². The Labute approximate surface area is 128 Å². The van der Waals surface area contributed by atoms with E-state index in [4.69, 9.17) is 0 Å². The van der Waals surface area contributed by atoms with E-state index in [0.717, 1.165) is 24.2 Å². The summed E-state index contributed by atoms with van der Waals surface area (Å²) in [5, 5.41) is 3.33. The maximum absolute atomic E-state index is 14.0. The smallest absolute Gasteiger partial charge is 0.126 e. The van der Waals surface area contributed by atoms with Crippen LogP contribution in [0.3, 0.4) is 0 Å². The zero-order valence-corrected chi connectivity index (χ0v) is 13.8. The Balaban J connectivity index is 2.39. The first-order valence-electron chi connectivity index (χ1n) is 8.21. The van der Waals surface area contributed by atoms with Gasteiger partial charge in [0.1, 0.15) is 5.82 Å². The van der Waals surface area contributed by atoms with Crippen LogP contribution in [-0.4, -0.2) is 31.1 Å². The quantitative estimate of drug-likeness (QED) is 0.905. The number of nitrogens with one attached hydrogen (secondary N) is 1. The van der Waals surface area contributed by atoms with Crippen molar-refractivity contribution in [3.8, 4) is 0 Å². The monoisotopic (exact) mass is 292 g/mol. The largest absolute Gasteiger partial charge is 0.319 e. The minimum Gasteiger partial charge on any atom is -0.319 e. The van der Waals surface area contributed by atoms with E-state index < -0.39 is 0 Å².